The monoisotopic (exact) mass is 218 g/mol. The van der Waals surface area contributed by atoms with Crippen molar-refractivity contribution < 1.29 is 4.74 Å². The van der Waals surface area contributed by atoms with Crippen molar-refractivity contribution in [1.82, 2.24) is 20.2 Å². The molecule has 2 rings (SSSR count). The molecule has 0 aromatic carbocycles. The third kappa shape index (κ3) is 1.88. The van der Waals surface area contributed by atoms with Gasteiger partial charge < -0.3 is 4.74 Å². The Morgan fingerprint density at radius 1 is 1.38 bits per heavy atom. The fourth-order valence-corrected chi connectivity index (χ4v) is 1.38. The molecule has 0 unspecified atom stereocenters. The highest BCUT2D eigenvalue weighted by atomic mass is 16.5. The Morgan fingerprint density at radius 3 is 2.81 bits per heavy atom. The standard InChI is InChI=1S/C11H14N4O/c1-7(2)10-13-11(15-14-10)8-4-5-12-6-9(8)16-3/h4-7H,1-3H3,(H,13,14,15). The summed E-state index contributed by atoms with van der Waals surface area (Å²) >= 11 is 0. The zero-order chi connectivity index (χ0) is 11.5. The topological polar surface area (TPSA) is 63.7 Å². The molecule has 0 bridgehead atoms. The van der Waals surface area contributed by atoms with Crippen LogP contribution in [-0.2, 0) is 0 Å². The highest BCUT2D eigenvalue weighted by Crippen LogP contribution is 2.26. The number of aromatic nitrogens is 4. The minimum absolute atomic E-state index is 0.328. The Morgan fingerprint density at radius 2 is 2.19 bits per heavy atom. The predicted molar refractivity (Wildman–Crippen MR) is 60.3 cm³/mol. The highest BCUT2D eigenvalue weighted by molar-refractivity contribution is 5.62. The summed E-state index contributed by atoms with van der Waals surface area (Å²) in [5.41, 5.74) is 0.848. The van der Waals surface area contributed by atoms with E-state index < -0.39 is 0 Å². The van der Waals surface area contributed by atoms with E-state index >= 15 is 0 Å². The van der Waals surface area contributed by atoms with Gasteiger partial charge >= 0.3 is 0 Å². The van der Waals surface area contributed by atoms with Gasteiger partial charge in [0.25, 0.3) is 0 Å². The molecular weight excluding hydrogens is 204 g/mol. The van der Waals surface area contributed by atoms with Crippen LogP contribution in [0.2, 0.25) is 0 Å². The second-order valence-corrected chi connectivity index (χ2v) is 3.77. The van der Waals surface area contributed by atoms with E-state index in [4.69, 9.17) is 4.74 Å². The van der Waals surface area contributed by atoms with Crippen molar-refractivity contribution in [3.8, 4) is 17.1 Å². The van der Waals surface area contributed by atoms with Crippen LogP contribution in [0.25, 0.3) is 11.4 Å². The first-order valence-electron chi connectivity index (χ1n) is 5.13. The molecule has 0 saturated heterocycles. The summed E-state index contributed by atoms with van der Waals surface area (Å²) in [7, 11) is 1.61. The van der Waals surface area contributed by atoms with Crippen LogP contribution in [0.15, 0.2) is 18.5 Å². The number of nitrogens with one attached hydrogen (secondary N) is 1. The number of H-pyrrole nitrogens is 1. The molecule has 1 N–H and O–H groups in total. The molecule has 0 aliphatic rings. The largest absolute Gasteiger partial charge is 0.494 e. The molecule has 0 spiro atoms. The lowest BCUT2D eigenvalue weighted by atomic mass is 10.2. The van der Waals surface area contributed by atoms with Gasteiger partial charge in [-0.1, -0.05) is 13.8 Å². The minimum Gasteiger partial charge on any atom is -0.494 e. The van der Waals surface area contributed by atoms with Gasteiger partial charge in [0.1, 0.15) is 11.6 Å². The molecule has 0 fully saturated rings. The van der Waals surface area contributed by atoms with Gasteiger partial charge in [0, 0.05) is 12.1 Å². The first-order valence-corrected chi connectivity index (χ1v) is 5.13. The third-order valence-electron chi connectivity index (χ3n) is 2.29. The van der Waals surface area contributed by atoms with E-state index in [9.17, 15) is 0 Å². The van der Waals surface area contributed by atoms with Gasteiger partial charge in [0.05, 0.1) is 18.9 Å². The van der Waals surface area contributed by atoms with Gasteiger partial charge in [0.2, 0.25) is 0 Å². The van der Waals surface area contributed by atoms with Crippen LogP contribution in [0.3, 0.4) is 0 Å². The molecule has 0 radical (unpaired) electrons. The molecule has 2 aromatic rings. The van der Waals surface area contributed by atoms with Crippen molar-refractivity contribution in [2.24, 2.45) is 0 Å². The van der Waals surface area contributed by atoms with Gasteiger partial charge in [-0.25, -0.2) is 4.98 Å². The lowest BCUT2D eigenvalue weighted by Gasteiger charge is -2.03. The van der Waals surface area contributed by atoms with Crippen molar-refractivity contribution in [3.63, 3.8) is 0 Å². The van der Waals surface area contributed by atoms with Crippen LogP contribution >= 0.6 is 0 Å². The molecule has 2 heterocycles. The molecule has 0 saturated carbocycles. The second-order valence-electron chi connectivity index (χ2n) is 3.77. The summed E-state index contributed by atoms with van der Waals surface area (Å²) in [5, 5.41) is 7.09. The lowest BCUT2D eigenvalue weighted by molar-refractivity contribution is 0.414. The number of aromatic amines is 1. The predicted octanol–water partition coefficient (Wildman–Crippen LogP) is 2.00. The Balaban J connectivity index is 2.42. The maximum atomic E-state index is 5.21. The normalized spacial score (nSPS) is 10.8. The van der Waals surface area contributed by atoms with Crippen LogP contribution in [0.1, 0.15) is 25.6 Å². The van der Waals surface area contributed by atoms with E-state index in [0.717, 1.165) is 11.4 Å². The summed E-state index contributed by atoms with van der Waals surface area (Å²) in [4.78, 5) is 8.41. The molecule has 5 nitrogen and oxygen atoms in total. The molecule has 84 valence electrons. The van der Waals surface area contributed by atoms with E-state index in [1.807, 2.05) is 6.07 Å². The Bertz CT molecular complexity index is 478. The number of rotatable bonds is 3. The molecule has 0 aliphatic heterocycles. The molecular formula is C11H14N4O. The van der Waals surface area contributed by atoms with Crippen LogP contribution < -0.4 is 4.74 Å². The average Bonchev–Trinajstić information content (AvgIpc) is 2.78. The zero-order valence-corrected chi connectivity index (χ0v) is 9.56. The summed E-state index contributed by atoms with van der Waals surface area (Å²) in [6, 6.07) is 1.84. The van der Waals surface area contributed by atoms with Crippen molar-refractivity contribution in [3.05, 3.63) is 24.3 Å². The summed E-state index contributed by atoms with van der Waals surface area (Å²) in [6.07, 6.45) is 3.35. The quantitative estimate of drug-likeness (QED) is 0.855. The van der Waals surface area contributed by atoms with E-state index in [0.29, 0.717) is 17.5 Å². The van der Waals surface area contributed by atoms with Crippen LogP contribution in [0, 0.1) is 0 Å². The van der Waals surface area contributed by atoms with E-state index in [1.54, 1.807) is 19.5 Å². The van der Waals surface area contributed by atoms with Crippen molar-refractivity contribution in [2.45, 2.75) is 19.8 Å². The van der Waals surface area contributed by atoms with Gasteiger partial charge in [-0.15, -0.1) is 0 Å². The number of ether oxygens (including phenoxy) is 1. The number of nitrogens with zero attached hydrogens (tertiary/aromatic N) is 3. The van der Waals surface area contributed by atoms with Crippen LogP contribution in [-0.4, -0.2) is 27.3 Å². The van der Waals surface area contributed by atoms with Crippen molar-refractivity contribution in [2.75, 3.05) is 7.11 Å². The van der Waals surface area contributed by atoms with Gasteiger partial charge in [-0.2, -0.15) is 5.10 Å². The fraction of sp³-hybridized carbons (Fsp3) is 0.364. The van der Waals surface area contributed by atoms with Crippen LogP contribution in [0.5, 0.6) is 5.75 Å². The summed E-state index contributed by atoms with van der Waals surface area (Å²) in [5.74, 6) is 2.52. The summed E-state index contributed by atoms with van der Waals surface area (Å²) in [6.45, 7) is 4.13. The highest BCUT2D eigenvalue weighted by Gasteiger charge is 2.12. The number of pyridine rings is 1. The zero-order valence-electron chi connectivity index (χ0n) is 9.56. The van der Waals surface area contributed by atoms with Gasteiger partial charge in [-0.3, -0.25) is 10.1 Å². The SMILES string of the molecule is COc1cnccc1-c1n[nH]c(C(C)C)n1. The molecule has 16 heavy (non-hydrogen) atoms. The minimum atomic E-state index is 0.328. The Kier molecular flexibility index (Phi) is 2.85. The molecule has 0 aliphatic carbocycles. The summed E-state index contributed by atoms with van der Waals surface area (Å²) < 4.78 is 5.21. The Labute approximate surface area is 93.9 Å². The number of hydrogen-bond donors (Lipinski definition) is 1. The van der Waals surface area contributed by atoms with Gasteiger partial charge in [0.15, 0.2) is 5.82 Å². The number of methoxy groups -OCH3 is 1. The number of hydrogen-bond acceptors (Lipinski definition) is 4. The molecule has 0 amide bonds. The fourth-order valence-electron chi connectivity index (χ4n) is 1.38. The average molecular weight is 218 g/mol. The van der Waals surface area contributed by atoms with E-state index in [2.05, 4.69) is 34.0 Å². The molecule has 0 atom stereocenters. The van der Waals surface area contributed by atoms with E-state index in [1.165, 1.54) is 0 Å². The molecule has 5 heteroatoms. The Hall–Kier alpha value is -1.91. The maximum absolute atomic E-state index is 5.21. The van der Waals surface area contributed by atoms with Crippen molar-refractivity contribution >= 4 is 0 Å². The first kappa shape index (κ1) is 10.6. The van der Waals surface area contributed by atoms with E-state index in [-0.39, 0.29) is 0 Å². The van der Waals surface area contributed by atoms with Gasteiger partial charge in [-0.05, 0) is 6.07 Å². The van der Waals surface area contributed by atoms with Crippen LogP contribution in [0.4, 0.5) is 0 Å². The first-order chi connectivity index (χ1) is 7.72. The third-order valence-corrected chi connectivity index (χ3v) is 2.29. The lowest BCUT2D eigenvalue weighted by Crippen LogP contribution is -1.91. The van der Waals surface area contributed by atoms with Crippen molar-refractivity contribution in [1.29, 1.82) is 0 Å². The smallest absolute Gasteiger partial charge is 0.184 e. The maximum Gasteiger partial charge on any atom is 0.184 e. The second kappa shape index (κ2) is 4.30. The molecule has 2 aromatic heterocycles.